The van der Waals surface area contributed by atoms with E-state index in [1.165, 1.54) is 122 Å². The van der Waals surface area contributed by atoms with Crippen LogP contribution in [0.25, 0.3) is 0 Å². The maximum atomic E-state index is 12.1. The standard InChI is InChI=1S/C50H92NO8P/c1-3-5-7-9-11-13-15-17-19-21-23-24-25-26-28-30-32-34-36-38-40-42-49(53)51-44-45-58-60(55,56)59-47-48(52)46-57-50(54)43-41-39-37-35-33-31-29-27-22-20-18-16-14-12-10-8-6-4-2/h11,13,17,19,23-24,26,28,48,52H,3-10,12,14-16,18,20-22,25,27,29-47H2,1-2H3,(H,51,53)(H,55,56)/b13-11-,19-17-,24-23-,28-26-. The van der Waals surface area contributed by atoms with Crippen LogP contribution >= 0.6 is 7.82 Å². The molecule has 2 atom stereocenters. The molecule has 0 bridgehead atoms. The molecule has 3 N–H and O–H groups in total. The van der Waals surface area contributed by atoms with Crippen LogP contribution in [0.5, 0.6) is 0 Å². The molecule has 0 rings (SSSR count). The topological polar surface area (TPSA) is 131 Å². The molecule has 0 spiro atoms. The number of esters is 1. The van der Waals surface area contributed by atoms with Crippen molar-refractivity contribution in [2.75, 3.05) is 26.4 Å². The van der Waals surface area contributed by atoms with Gasteiger partial charge in [0, 0.05) is 19.4 Å². The van der Waals surface area contributed by atoms with Gasteiger partial charge in [0.15, 0.2) is 0 Å². The van der Waals surface area contributed by atoms with Gasteiger partial charge in [-0.05, 0) is 57.8 Å². The number of amides is 1. The zero-order chi connectivity index (χ0) is 43.9. The molecular weight excluding hydrogens is 774 g/mol. The average molecular weight is 866 g/mol. The van der Waals surface area contributed by atoms with Gasteiger partial charge in [0.1, 0.15) is 12.7 Å². The van der Waals surface area contributed by atoms with E-state index in [1.807, 2.05) is 0 Å². The molecule has 0 aromatic rings. The summed E-state index contributed by atoms with van der Waals surface area (Å²) < 4.78 is 27.0. The van der Waals surface area contributed by atoms with Gasteiger partial charge in [-0.15, -0.1) is 0 Å². The summed E-state index contributed by atoms with van der Waals surface area (Å²) in [5.74, 6) is -0.529. The molecule has 10 heteroatoms. The van der Waals surface area contributed by atoms with Crippen molar-refractivity contribution in [2.24, 2.45) is 0 Å². The van der Waals surface area contributed by atoms with Crippen molar-refractivity contribution in [1.29, 1.82) is 0 Å². The average Bonchev–Trinajstić information content (AvgIpc) is 3.23. The minimum absolute atomic E-state index is 0.0709. The SMILES string of the molecule is CCCCC/C=C\C/C=C\C/C=C\C/C=C\CCCCCCCC(=O)NCCOP(=O)(O)OCC(O)COC(=O)CCCCCCCCCCCCCCCCCCCC. The largest absolute Gasteiger partial charge is 0.472 e. The second-order valence-electron chi connectivity index (χ2n) is 16.4. The second-order valence-corrected chi connectivity index (χ2v) is 17.9. The van der Waals surface area contributed by atoms with Gasteiger partial charge < -0.3 is 20.1 Å². The molecule has 0 aromatic carbocycles. The Morgan fingerprint density at radius 1 is 0.517 bits per heavy atom. The van der Waals surface area contributed by atoms with Crippen LogP contribution in [0.3, 0.4) is 0 Å². The number of ether oxygens (including phenoxy) is 1. The van der Waals surface area contributed by atoms with E-state index in [1.54, 1.807) is 0 Å². The van der Waals surface area contributed by atoms with Crippen LogP contribution in [0.1, 0.15) is 226 Å². The minimum atomic E-state index is -4.43. The van der Waals surface area contributed by atoms with E-state index in [0.717, 1.165) is 77.0 Å². The number of phosphoric acid groups is 1. The van der Waals surface area contributed by atoms with Crippen LogP contribution in [0.4, 0.5) is 0 Å². The van der Waals surface area contributed by atoms with Gasteiger partial charge >= 0.3 is 13.8 Å². The third kappa shape index (κ3) is 47.0. The van der Waals surface area contributed by atoms with E-state index in [-0.39, 0.29) is 32.1 Å². The summed E-state index contributed by atoms with van der Waals surface area (Å²) >= 11 is 0. The molecular formula is C50H92NO8P. The Hall–Kier alpha value is -2.03. The Bertz CT molecular complexity index is 1120. The van der Waals surface area contributed by atoms with E-state index in [9.17, 15) is 24.2 Å². The van der Waals surface area contributed by atoms with Crippen LogP contribution in [0.15, 0.2) is 48.6 Å². The van der Waals surface area contributed by atoms with Crippen LogP contribution < -0.4 is 5.32 Å². The lowest BCUT2D eigenvalue weighted by Crippen LogP contribution is -2.27. The number of allylic oxidation sites excluding steroid dienone is 8. The maximum absolute atomic E-state index is 12.1. The first-order valence-electron chi connectivity index (χ1n) is 24.6. The molecule has 60 heavy (non-hydrogen) atoms. The fraction of sp³-hybridized carbons (Fsp3) is 0.800. The van der Waals surface area contributed by atoms with Crippen LogP contribution in [0.2, 0.25) is 0 Å². The van der Waals surface area contributed by atoms with Gasteiger partial charge in [-0.25, -0.2) is 4.57 Å². The summed E-state index contributed by atoms with van der Waals surface area (Å²) in [6.45, 7) is 3.53. The number of rotatable bonds is 46. The van der Waals surface area contributed by atoms with Crippen LogP contribution in [0, 0.1) is 0 Å². The molecule has 0 heterocycles. The molecule has 1 amide bonds. The number of hydrogen-bond acceptors (Lipinski definition) is 7. The summed E-state index contributed by atoms with van der Waals surface area (Å²) in [6.07, 6.45) is 54.7. The maximum Gasteiger partial charge on any atom is 0.472 e. The highest BCUT2D eigenvalue weighted by Crippen LogP contribution is 2.42. The van der Waals surface area contributed by atoms with Gasteiger partial charge in [0.05, 0.1) is 13.2 Å². The minimum Gasteiger partial charge on any atom is -0.463 e. The van der Waals surface area contributed by atoms with E-state index in [4.69, 9.17) is 13.8 Å². The lowest BCUT2D eigenvalue weighted by atomic mass is 10.0. The first-order valence-corrected chi connectivity index (χ1v) is 26.1. The summed E-state index contributed by atoms with van der Waals surface area (Å²) in [7, 11) is -4.43. The lowest BCUT2D eigenvalue weighted by molar-refractivity contribution is -0.147. The van der Waals surface area contributed by atoms with Crippen LogP contribution in [-0.2, 0) is 27.9 Å². The zero-order valence-corrected chi connectivity index (χ0v) is 39.5. The van der Waals surface area contributed by atoms with E-state index >= 15 is 0 Å². The fourth-order valence-corrected chi connectivity index (χ4v) is 7.53. The molecule has 9 nitrogen and oxygen atoms in total. The molecule has 2 unspecified atom stereocenters. The molecule has 0 aliphatic rings. The van der Waals surface area contributed by atoms with Crippen molar-refractivity contribution in [3.63, 3.8) is 0 Å². The zero-order valence-electron chi connectivity index (χ0n) is 38.7. The Kier molecular flexibility index (Phi) is 44.9. The molecule has 0 radical (unpaired) electrons. The van der Waals surface area contributed by atoms with E-state index < -0.39 is 26.5 Å². The Labute approximate surface area is 368 Å². The highest BCUT2D eigenvalue weighted by Gasteiger charge is 2.23. The van der Waals surface area contributed by atoms with Crippen molar-refractivity contribution in [3.05, 3.63) is 48.6 Å². The number of nitrogens with one attached hydrogen (secondary N) is 1. The molecule has 0 saturated heterocycles. The van der Waals surface area contributed by atoms with Crippen molar-refractivity contribution in [3.8, 4) is 0 Å². The van der Waals surface area contributed by atoms with Crippen molar-refractivity contribution < 1.29 is 37.9 Å². The van der Waals surface area contributed by atoms with Gasteiger partial charge in [-0.2, -0.15) is 0 Å². The third-order valence-electron chi connectivity index (χ3n) is 10.5. The van der Waals surface area contributed by atoms with Crippen molar-refractivity contribution in [1.82, 2.24) is 5.32 Å². The predicted octanol–water partition coefficient (Wildman–Crippen LogP) is 14.3. The van der Waals surface area contributed by atoms with Gasteiger partial charge in [-0.1, -0.05) is 204 Å². The van der Waals surface area contributed by atoms with Crippen molar-refractivity contribution in [2.45, 2.75) is 232 Å². The van der Waals surface area contributed by atoms with Gasteiger partial charge in [0.25, 0.3) is 0 Å². The van der Waals surface area contributed by atoms with Crippen LogP contribution in [-0.4, -0.2) is 54.3 Å². The molecule has 0 aromatic heterocycles. The number of hydrogen-bond donors (Lipinski definition) is 3. The number of phosphoric ester groups is 1. The smallest absolute Gasteiger partial charge is 0.463 e. The van der Waals surface area contributed by atoms with E-state index in [2.05, 4.69) is 67.8 Å². The highest BCUT2D eigenvalue weighted by atomic mass is 31.2. The summed E-state index contributed by atoms with van der Waals surface area (Å²) in [5, 5.41) is 12.7. The number of aliphatic hydroxyl groups excluding tert-OH is 1. The summed E-state index contributed by atoms with van der Waals surface area (Å²) in [5.41, 5.74) is 0. The molecule has 0 aliphatic carbocycles. The predicted molar refractivity (Wildman–Crippen MR) is 252 cm³/mol. The Balaban J connectivity index is 3.60. The lowest BCUT2D eigenvalue weighted by Gasteiger charge is -2.15. The fourth-order valence-electron chi connectivity index (χ4n) is 6.78. The third-order valence-corrected chi connectivity index (χ3v) is 11.5. The monoisotopic (exact) mass is 866 g/mol. The Morgan fingerprint density at radius 3 is 1.38 bits per heavy atom. The molecule has 0 saturated carbocycles. The molecule has 350 valence electrons. The summed E-state index contributed by atoms with van der Waals surface area (Å²) in [4.78, 5) is 34.0. The first-order chi connectivity index (χ1) is 29.3. The normalized spacial score (nSPS) is 13.6. The van der Waals surface area contributed by atoms with Gasteiger partial charge in [-0.3, -0.25) is 18.6 Å². The van der Waals surface area contributed by atoms with E-state index in [0.29, 0.717) is 6.42 Å². The highest BCUT2D eigenvalue weighted by molar-refractivity contribution is 7.47. The number of aliphatic hydroxyl groups is 1. The number of carbonyl (C=O) groups is 2. The number of unbranched alkanes of at least 4 members (excludes halogenated alkanes) is 25. The second kappa shape index (κ2) is 46.5. The summed E-state index contributed by atoms with van der Waals surface area (Å²) in [6, 6.07) is 0. The Morgan fingerprint density at radius 2 is 0.900 bits per heavy atom. The first kappa shape index (κ1) is 58.0. The van der Waals surface area contributed by atoms with Crippen molar-refractivity contribution >= 4 is 19.7 Å². The molecule has 0 fully saturated rings. The van der Waals surface area contributed by atoms with Gasteiger partial charge in [0.2, 0.25) is 5.91 Å². The number of carbonyl (C=O) groups excluding carboxylic acids is 2. The quantitative estimate of drug-likeness (QED) is 0.0239. The molecule has 0 aliphatic heterocycles.